The van der Waals surface area contributed by atoms with Gasteiger partial charge in [-0.25, -0.2) is 13.2 Å². The standard InChI is InChI=1S/C21H23ClN4O6S/c1-13-20(27)24-17-11-16(22)19(12-18(17)32-13)33(29,30)26-8-6-25(7-9-26)21(28)23-14-4-3-5-15(10-14)31-2/h3-5,10-13H,6-9H2,1-2H3,(H,23,28)(H,24,27)/t13-/m1/s1. The van der Waals surface area contributed by atoms with Gasteiger partial charge in [-0.1, -0.05) is 17.7 Å². The number of nitrogens with zero attached hydrogens (tertiary/aromatic N) is 2. The lowest BCUT2D eigenvalue weighted by atomic mass is 10.2. The normalized spacial score (nSPS) is 18.7. The fourth-order valence-corrected chi connectivity index (χ4v) is 5.52. The van der Waals surface area contributed by atoms with Crippen LogP contribution in [0.2, 0.25) is 5.02 Å². The fraction of sp³-hybridized carbons (Fsp3) is 0.333. The van der Waals surface area contributed by atoms with E-state index in [1.807, 2.05) is 0 Å². The second-order valence-electron chi connectivity index (χ2n) is 7.58. The summed E-state index contributed by atoms with van der Waals surface area (Å²) in [5.74, 6) is 0.516. The van der Waals surface area contributed by atoms with E-state index in [9.17, 15) is 18.0 Å². The van der Waals surface area contributed by atoms with Gasteiger partial charge in [0.15, 0.2) is 6.10 Å². The smallest absolute Gasteiger partial charge is 0.321 e. The molecule has 2 heterocycles. The second kappa shape index (κ2) is 9.08. The zero-order valence-electron chi connectivity index (χ0n) is 18.0. The van der Waals surface area contributed by atoms with E-state index in [2.05, 4.69) is 10.6 Å². The first-order valence-corrected chi connectivity index (χ1v) is 12.0. The van der Waals surface area contributed by atoms with E-state index in [1.54, 1.807) is 36.1 Å². The summed E-state index contributed by atoms with van der Waals surface area (Å²) in [6.07, 6.45) is -0.749. The number of urea groups is 1. The SMILES string of the molecule is COc1cccc(NC(=O)N2CCN(S(=O)(=O)c3cc4c(cc3Cl)NC(=O)[C@@H](C)O4)CC2)c1. The molecule has 3 amide bonds. The Morgan fingerprint density at radius 2 is 1.94 bits per heavy atom. The number of piperazine rings is 1. The van der Waals surface area contributed by atoms with Crippen molar-refractivity contribution in [3.63, 3.8) is 0 Å². The van der Waals surface area contributed by atoms with Crippen molar-refractivity contribution in [2.24, 2.45) is 0 Å². The lowest BCUT2D eigenvalue weighted by Gasteiger charge is -2.34. The number of nitrogens with one attached hydrogen (secondary N) is 2. The average molecular weight is 495 g/mol. The van der Waals surface area contributed by atoms with Gasteiger partial charge >= 0.3 is 6.03 Å². The molecule has 0 radical (unpaired) electrons. The summed E-state index contributed by atoms with van der Waals surface area (Å²) in [6.45, 7) is 2.20. The van der Waals surface area contributed by atoms with Gasteiger partial charge in [-0.2, -0.15) is 4.31 Å². The Hall–Kier alpha value is -3.02. The van der Waals surface area contributed by atoms with Crippen LogP contribution in [0.3, 0.4) is 0 Å². The highest BCUT2D eigenvalue weighted by atomic mass is 35.5. The molecule has 12 heteroatoms. The van der Waals surface area contributed by atoms with Crippen molar-refractivity contribution in [2.75, 3.05) is 43.9 Å². The monoisotopic (exact) mass is 494 g/mol. The van der Waals surface area contributed by atoms with Gasteiger partial charge in [-0.3, -0.25) is 4.79 Å². The quantitative estimate of drug-likeness (QED) is 0.674. The molecule has 176 valence electrons. The third kappa shape index (κ3) is 4.70. The summed E-state index contributed by atoms with van der Waals surface area (Å²) in [5, 5.41) is 5.40. The van der Waals surface area contributed by atoms with E-state index >= 15 is 0 Å². The molecular weight excluding hydrogens is 472 g/mol. The number of sulfonamides is 1. The van der Waals surface area contributed by atoms with E-state index in [0.29, 0.717) is 17.1 Å². The number of amides is 3. The number of benzene rings is 2. The molecule has 2 aliphatic heterocycles. The molecule has 0 bridgehead atoms. The first-order chi connectivity index (χ1) is 15.7. The molecular formula is C21H23ClN4O6S. The lowest BCUT2D eigenvalue weighted by molar-refractivity contribution is -0.122. The van der Waals surface area contributed by atoms with Crippen molar-refractivity contribution in [1.82, 2.24) is 9.21 Å². The number of fused-ring (bicyclic) bond motifs is 1. The Kier molecular flexibility index (Phi) is 6.37. The minimum atomic E-state index is -3.94. The van der Waals surface area contributed by atoms with Crippen molar-refractivity contribution >= 4 is 44.9 Å². The van der Waals surface area contributed by atoms with Crippen LogP contribution >= 0.6 is 11.6 Å². The molecule has 0 unspecified atom stereocenters. The van der Waals surface area contributed by atoms with E-state index in [4.69, 9.17) is 21.1 Å². The summed E-state index contributed by atoms with van der Waals surface area (Å²) in [7, 11) is -2.40. The van der Waals surface area contributed by atoms with Crippen LogP contribution in [0.15, 0.2) is 41.3 Å². The highest BCUT2D eigenvalue weighted by Gasteiger charge is 2.34. The second-order valence-corrected chi connectivity index (χ2v) is 9.89. The minimum Gasteiger partial charge on any atom is -0.497 e. The van der Waals surface area contributed by atoms with E-state index in [1.165, 1.54) is 23.5 Å². The van der Waals surface area contributed by atoms with Gasteiger partial charge in [0.1, 0.15) is 16.4 Å². The zero-order chi connectivity index (χ0) is 23.8. The molecule has 10 nitrogen and oxygen atoms in total. The summed E-state index contributed by atoms with van der Waals surface area (Å²) in [6, 6.07) is 9.33. The van der Waals surface area contributed by atoms with Crippen LogP contribution in [0.4, 0.5) is 16.2 Å². The van der Waals surface area contributed by atoms with Crippen LogP contribution in [0.25, 0.3) is 0 Å². The highest BCUT2D eigenvalue weighted by Crippen LogP contribution is 2.38. The van der Waals surface area contributed by atoms with Crippen LogP contribution in [-0.4, -0.2) is 69.0 Å². The van der Waals surface area contributed by atoms with Crippen molar-refractivity contribution in [1.29, 1.82) is 0 Å². The van der Waals surface area contributed by atoms with E-state index in [-0.39, 0.29) is 53.8 Å². The molecule has 0 aliphatic carbocycles. The van der Waals surface area contributed by atoms with Crippen molar-refractivity contribution in [3.05, 3.63) is 41.4 Å². The van der Waals surface area contributed by atoms with Crippen LogP contribution in [0.5, 0.6) is 11.5 Å². The number of hydrogen-bond acceptors (Lipinski definition) is 6. The number of hydrogen-bond donors (Lipinski definition) is 2. The maximum atomic E-state index is 13.2. The summed E-state index contributed by atoms with van der Waals surface area (Å²) in [5.41, 5.74) is 0.901. The number of ether oxygens (including phenoxy) is 2. The predicted octanol–water partition coefficient (Wildman–Crippen LogP) is 2.61. The summed E-state index contributed by atoms with van der Waals surface area (Å²) >= 11 is 6.25. The molecule has 33 heavy (non-hydrogen) atoms. The molecule has 2 aliphatic rings. The largest absolute Gasteiger partial charge is 0.497 e. The predicted molar refractivity (Wildman–Crippen MR) is 123 cm³/mol. The molecule has 2 aromatic carbocycles. The van der Waals surface area contributed by atoms with Gasteiger partial charge < -0.3 is 25.0 Å². The number of rotatable bonds is 4. The fourth-order valence-electron chi connectivity index (χ4n) is 3.58. The lowest BCUT2D eigenvalue weighted by Crippen LogP contribution is -2.51. The van der Waals surface area contributed by atoms with Crippen molar-refractivity contribution in [3.8, 4) is 11.5 Å². The van der Waals surface area contributed by atoms with E-state index < -0.39 is 16.1 Å². The Morgan fingerprint density at radius 3 is 2.64 bits per heavy atom. The first kappa shape index (κ1) is 23.1. The third-order valence-electron chi connectivity index (χ3n) is 5.43. The molecule has 0 aromatic heterocycles. The maximum absolute atomic E-state index is 13.2. The Bertz CT molecular complexity index is 1200. The van der Waals surface area contributed by atoms with E-state index in [0.717, 1.165) is 0 Å². The molecule has 2 N–H and O–H groups in total. The molecule has 0 saturated carbocycles. The van der Waals surface area contributed by atoms with Crippen LogP contribution in [0.1, 0.15) is 6.92 Å². The molecule has 2 aromatic rings. The average Bonchev–Trinajstić information content (AvgIpc) is 2.80. The molecule has 1 atom stereocenters. The number of methoxy groups -OCH3 is 1. The van der Waals surface area contributed by atoms with Gasteiger partial charge in [0, 0.05) is 44.0 Å². The molecule has 1 fully saturated rings. The first-order valence-electron chi connectivity index (χ1n) is 10.2. The van der Waals surface area contributed by atoms with Gasteiger partial charge in [-0.15, -0.1) is 0 Å². The Morgan fingerprint density at radius 1 is 1.21 bits per heavy atom. The number of carbonyl (C=O) groups is 2. The Labute approximate surface area is 196 Å². The maximum Gasteiger partial charge on any atom is 0.321 e. The van der Waals surface area contributed by atoms with Gasteiger partial charge in [0.2, 0.25) is 10.0 Å². The highest BCUT2D eigenvalue weighted by molar-refractivity contribution is 7.89. The Balaban J connectivity index is 1.44. The number of halogens is 1. The topological polar surface area (TPSA) is 117 Å². The van der Waals surface area contributed by atoms with Gasteiger partial charge in [0.05, 0.1) is 17.8 Å². The number of carbonyl (C=O) groups excluding carboxylic acids is 2. The third-order valence-corrected chi connectivity index (χ3v) is 7.79. The van der Waals surface area contributed by atoms with Crippen LogP contribution < -0.4 is 20.1 Å². The molecule has 0 spiro atoms. The van der Waals surface area contributed by atoms with Gasteiger partial charge in [0.25, 0.3) is 5.91 Å². The van der Waals surface area contributed by atoms with Crippen molar-refractivity contribution < 1.29 is 27.5 Å². The van der Waals surface area contributed by atoms with Crippen LogP contribution in [-0.2, 0) is 14.8 Å². The summed E-state index contributed by atoms with van der Waals surface area (Å²) < 4.78 is 38.4. The minimum absolute atomic E-state index is 0.0228. The molecule has 4 rings (SSSR count). The molecule has 1 saturated heterocycles. The summed E-state index contributed by atoms with van der Waals surface area (Å²) in [4.78, 5) is 25.8. The van der Waals surface area contributed by atoms with Crippen LogP contribution in [0, 0.1) is 0 Å². The zero-order valence-corrected chi connectivity index (χ0v) is 19.6. The van der Waals surface area contributed by atoms with Gasteiger partial charge in [-0.05, 0) is 25.1 Å². The van der Waals surface area contributed by atoms with Crippen molar-refractivity contribution in [2.45, 2.75) is 17.9 Å². The number of anilines is 2.